The van der Waals surface area contributed by atoms with Gasteiger partial charge in [0.2, 0.25) is 0 Å². The molecule has 4 heteroatoms. The van der Waals surface area contributed by atoms with Crippen molar-refractivity contribution in [2.75, 3.05) is 7.11 Å². The SMILES string of the molecule is COc1ccc2ccccc2c1-c1c(-c2ccc3ccccc3c2)nnn1C. The topological polar surface area (TPSA) is 39.9 Å². The summed E-state index contributed by atoms with van der Waals surface area (Å²) in [6.45, 7) is 0. The van der Waals surface area contributed by atoms with Crippen LogP contribution in [0.5, 0.6) is 5.75 Å². The number of rotatable bonds is 3. The van der Waals surface area contributed by atoms with E-state index in [0.717, 1.165) is 39.0 Å². The Hall–Kier alpha value is -3.66. The fourth-order valence-corrected chi connectivity index (χ4v) is 3.83. The Morgan fingerprint density at radius 2 is 1.50 bits per heavy atom. The van der Waals surface area contributed by atoms with Gasteiger partial charge in [-0.2, -0.15) is 0 Å². The smallest absolute Gasteiger partial charge is 0.128 e. The van der Waals surface area contributed by atoms with Crippen LogP contribution in [0.2, 0.25) is 0 Å². The second-order valence-electron chi connectivity index (χ2n) is 6.84. The van der Waals surface area contributed by atoms with Gasteiger partial charge in [0.25, 0.3) is 0 Å². The monoisotopic (exact) mass is 365 g/mol. The summed E-state index contributed by atoms with van der Waals surface area (Å²) in [4.78, 5) is 0. The van der Waals surface area contributed by atoms with Gasteiger partial charge in [0.1, 0.15) is 17.1 Å². The first-order valence-electron chi connectivity index (χ1n) is 9.21. The maximum absolute atomic E-state index is 5.72. The summed E-state index contributed by atoms with van der Waals surface area (Å²) < 4.78 is 7.55. The molecule has 5 aromatic rings. The van der Waals surface area contributed by atoms with Crippen LogP contribution in [0.3, 0.4) is 0 Å². The molecule has 0 saturated heterocycles. The molecule has 0 spiro atoms. The number of hydrogen-bond acceptors (Lipinski definition) is 3. The van der Waals surface area contributed by atoms with Crippen LogP contribution in [0.4, 0.5) is 0 Å². The third kappa shape index (κ3) is 2.54. The minimum absolute atomic E-state index is 0.811. The first kappa shape index (κ1) is 16.5. The van der Waals surface area contributed by atoms with Crippen molar-refractivity contribution < 1.29 is 4.74 Å². The van der Waals surface area contributed by atoms with Gasteiger partial charge in [-0.25, -0.2) is 4.68 Å². The molecule has 0 N–H and O–H groups in total. The molecule has 4 aromatic carbocycles. The van der Waals surface area contributed by atoms with Crippen molar-refractivity contribution in [3.8, 4) is 28.3 Å². The van der Waals surface area contributed by atoms with Gasteiger partial charge < -0.3 is 4.74 Å². The number of hydrogen-bond donors (Lipinski definition) is 0. The summed E-state index contributed by atoms with van der Waals surface area (Å²) in [5, 5.41) is 13.5. The molecule has 28 heavy (non-hydrogen) atoms. The van der Waals surface area contributed by atoms with E-state index in [4.69, 9.17) is 4.74 Å². The largest absolute Gasteiger partial charge is 0.496 e. The predicted molar refractivity (Wildman–Crippen MR) is 113 cm³/mol. The van der Waals surface area contributed by atoms with E-state index in [1.807, 2.05) is 29.9 Å². The molecule has 0 bridgehead atoms. The Balaban J connectivity index is 1.81. The van der Waals surface area contributed by atoms with Gasteiger partial charge in [-0.3, -0.25) is 0 Å². The fraction of sp³-hybridized carbons (Fsp3) is 0.0833. The van der Waals surface area contributed by atoms with Crippen LogP contribution >= 0.6 is 0 Å². The van der Waals surface area contributed by atoms with Crippen LogP contribution in [0, 0.1) is 0 Å². The number of nitrogens with zero attached hydrogens (tertiary/aromatic N) is 3. The fourth-order valence-electron chi connectivity index (χ4n) is 3.83. The van der Waals surface area contributed by atoms with Crippen LogP contribution in [0.15, 0.2) is 78.9 Å². The lowest BCUT2D eigenvalue weighted by atomic mass is 9.96. The molecule has 0 aliphatic carbocycles. The molecule has 4 nitrogen and oxygen atoms in total. The zero-order chi connectivity index (χ0) is 19.1. The van der Waals surface area contributed by atoms with Gasteiger partial charge in [-0.1, -0.05) is 71.9 Å². The van der Waals surface area contributed by atoms with Crippen molar-refractivity contribution in [2.45, 2.75) is 0 Å². The van der Waals surface area contributed by atoms with Gasteiger partial charge in [0.05, 0.1) is 12.7 Å². The number of fused-ring (bicyclic) bond motifs is 2. The second-order valence-corrected chi connectivity index (χ2v) is 6.84. The zero-order valence-corrected chi connectivity index (χ0v) is 15.8. The Morgan fingerprint density at radius 1 is 0.786 bits per heavy atom. The molecule has 0 unspecified atom stereocenters. The molecule has 0 atom stereocenters. The lowest BCUT2D eigenvalue weighted by Crippen LogP contribution is -1.98. The van der Waals surface area contributed by atoms with E-state index in [9.17, 15) is 0 Å². The molecule has 0 radical (unpaired) electrons. The summed E-state index contributed by atoms with van der Waals surface area (Å²) in [5.74, 6) is 0.811. The number of ether oxygens (including phenoxy) is 1. The van der Waals surface area contributed by atoms with Crippen LogP contribution in [-0.2, 0) is 7.05 Å². The van der Waals surface area contributed by atoms with Gasteiger partial charge >= 0.3 is 0 Å². The van der Waals surface area contributed by atoms with Gasteiger partial charge in [-0.15, -0.1) is 5.10 Å². The summed E-state index contributed by atoms with van der Waals surface area (Å²) in [5.41, 5.74) is 3.85. The van der Waals surface area contributed by atoms with Crippen LogP contribution in [0.25, 0.3) is 44.1 Å². The first-order valence-corrected chi connectivity index (χ1v) is 9.21. The van der Waals surface area contributed by atoms with Crippen LogP contribution < -0.4 is 4.74 Å². The van der Waals surface area contributed by atoms with E-state index in [1.165, 1.54) is 10.8 Å². The molecular weight excluding hydrogens is 346 g/mol. The van der Waals surface area contributed by atoms with Crippen LogP contribution in [0.1, 0.15) is 0 Å². The number of benzene rings is 4. The highest BCUT2D eigenvalue weighted by molar-refractivity contribution is 6.02. The number of aryl methyl sites for hydroxylation is 1. The van der Waals surface area contributed by atoms with Gasteiger partial charge in [0.15, 0.2) is 0 Å². The quantitative estimate of drug-likeness (QED) is 0.426. The molecule has 0 amide bonds. The Kier molecular flexibility index (Phi) is 3.83. The Morgan fingerprint density at radius 3 is 2.32 bits per heavy atom. The van der Waals surface area contributed by atoms with E-state index in [-0.39, 0.29) is 0 Å². The van der Waals surface area contributed by atoms with Crippen molar-refractivity contribution in [3.05, 3.63) is 78.9 Å². The van der Waals surface area contributed by atoms with Crippen LogP contribution in [-0.4, -0.2) is 22.1 Å². The first-order chi connectivity index (χ1) is 13.8. The summed E-state index contributed by atoms with van der Waals surface area (Å²) >= 11 is 0. The summed E-state index contributed by atoms with van der Waals surface area (Å²) in [7, 11) is 3.63. The van der Waals surface area contributed by atoms with Crippen molar-refractivity contribution in [1.82, 2.24) is 15.0 Å². The van der Waals surface area contributed by atoms with Gasteiger partial charge in [0, 0.05) is 12.6 Å². The van der Waals surface area contributed by atoms with Crippen molar-refractivity contribution >= 4 is 21.5 Å². The summed E-state index contributed by atoms with van der Waals surface area (Å²) in [6, 6.07) is 27.1. The lowest BCUT2D eigenvalue weighted by Gasteiger charge is -2.14. The molecule has 0 aliphatic rings. The molecule has 0 aliphatic heterocycles. The van der Waals surface area contributed by atoms with E-state index in [0.29, 0.717) is 0 Å². The van der Waals surface area contributed by atoms with E-state index in [2.05, 4.69) is 71.0 Å². The van der Waals surface area contributed by atoms with Crippen molar-refractivity contribution in [1.29, 1.82) is 0 Å². The maximum Gasteiger partial charge on any atom is 0.128 e. The predicted octanol–water partition coefficient (Wildman–Crippen LogP) is 5.46. The molecule has 0 fully saturated rings. The summed E-state index contributed by atoms with van der Waals surface area (Å²) in [6.07, 6.45) is 0. The average molecular weight is 365 g/mol. The molecule has 0 saturated carbocycles. The zero-order valence-electron chi connectivity index (χ0n) is 15.8. The highest BCUT2D eigenvalue weighted by Gasteiger charge is 2.21. The third-order valence-corrected chi connectivity index (χ3v) is 5.20. The third-order valence-electron chi connectivity index (χ3n) is 5.20. The maximum atomic E-state index is 5.72. The molecule has 1 aromatic heterocycles. The van der Waals surface area contributed by atoms with E-state index < -0.39 is 0 Å². The lowest BCUT2D eigenvalue weighted by molar-refractivity contribution is 0.416. The highest BCUT2D eigenvalue weighted by atomic mass is 16.5. The minimum Gasteiger partial charge on any atom is -0.496 e. The highest BCUT2D eigenvalue weighted by Crippen LogP contribution is 2.41. The number of methoxy groups -OCH3 is 1. The van der Waals surface area contributed by atoms with E-state index in [1.54, 1.807) is 7.11 Å². The van der Waals surface area contributed by atoms with Crippen molar-refractivity contribution in [2.24, 2.45) is 7.05 Å². The van der Waals surface area contributed by atoms with Crippen molar-refractivity contribution in [3.63, 3.8) is 0 Å². The second kappa shape index (κ2) is 6.50. The average Bonchev–Trinajstić information content (AvgIpc) is 3.13. The molecule has 136 valence electrons. The van der Waals surface area contributed by atoms with E-state index >= 15 is 0 Å². The Labute approximate surface area is 163 Å². The standard InChI is InChI=1S/C24H19N3O/c1-27-24(22-20-10-6-5-8-17(20)13-14-21(22)28-2)23(25-26-27)19-12-11-16-7-3-4-9-18(16)15-19/h3-15H,1-2H3. The normalized spacial score (nSPS) is 11.2. The van der Waals surface area contributed by atoms with Gasteiger partial charge in [-0.05, 0) is 33.7 Å². The molecule has 1 heterocycles. The molecule has 5 rings (SSSR count). The Bertz CT molecular complexity index is 1320. The number of aromatic nitrogens is 3. The minimum atomic E-state index is 0.811. The molecular formula is C24H19N3O.